The van der Waals surface area contributed by atoms with Crippen LogP contribution in [0.5, 0.6) is 0 Å². The summed E-state index contributed by atoms with van der Waals surface area (Å²) in [5, 5.41) is 0. The highest BCUT2D eigenvalue weighted by Crippen LogP contribution is 2.22. The molecule has 2 N–H and O–H groups in total. The molecule has 2 rings (SSSR count). The molecule has 0 amide bonds. The Morgan fingerprint density at radius 1 is 1.38 bits per heavy atom. The van der Waals surface area contributed by atoms with E-state index >= 15 is 0 Å². The number of hydrogen-bond donors (Lipinski definition) is 1. The first-order valence-electron chi connectivity index (χ1n) is 6.13. The second-order valence-corrected chi connectivity index (χ2v) is 4.90. The van der Waals surface area contributed by atoms with E-state index < -0.39 is 0 Å². The van der Waals surface area contributed by atoms with E-state index in [2.05, 4.69) is 22.9 Å². The highest BCUT2D eigenvalue weighted by atomic mass is 15.1. The van der Waals surface area contributed by atoms with Crippen molar-refractivity contribution in [1.82, 2.24) is 4.98 Å². The topological polar surface area (TPSA) is 42.1 Å². The number of aromatic nitrogens is 1. The molecule has 16 heavy (non-hydrogen) atoms. The molecule has 3 nitrogen and oxygen atoms in total. The summed E-state index contributed by atoms with van der Waals surface area (Å²) in [5.41, 5.74) is 7.98. The standard InChI is InChI=1S/C13H21N3/c1-10-5-7-16(8-6-10)12-3-4-13(11(2)14)15-9-12/h3-4,9-11H,5-8,14H2,1-2H3. The van der Waals surface area contributed by atoms with E-state index in [0.717, 1.165) is 24.7 Å². The number of nitrogens with two attached hydrogens (primary N) is 1. The van der Waals surface area contributed by atoms with Crippen LogP contribution < -0.4 is 10.6 Å². The minimum Gasteiger partial charge on any atom is -0.370 e. The second-order valence-electron chi connectivity index (χ2n) is 4.90. The van der Waals surface area contributed by atoms with Crippen LogP contribution in [0.4, 0.5) is 5.69 Å². The number of rotatable bonds is 2. The molecule has 0 saturated carbocycles. The normalized spacial score (nSPS) is 19.8. The number of nitrogens with zero attached hydrogens (tertiary/aromatic N) is 2. The van der Waals surface area contributed by atoms with Crippen LogP contribution in [0.25, 0.3) is 0 Å². The largest absolute Gasteiger partial charge is 0.370 e. The second kappa shape index (κ2) is 4.83. The molecule has 0 spiro atoms. The van der Waals surface area contributed by atoms with E-state index in [1.54, 1.807) is 0 Å². The molecule has 3 heteroatoms. The summed E-state index contributed by atoms with van der Waals surface area (Å²) in [4.78, 5) is 6.82. The molecule has 2 heterocycles. The van der Waals surface area contributed by atoms with Crippen molar-refractivity contribution in [1.29, 1.82) is 0 Å². The molecule has 1 atom stereocenters. The molecule has 1 aliphatic rings. The van der Waals surface area contributed by atoms with Gasteiger partial charge in [0.1, 0.15) is 0 Å². The molecule has 0 bridgehead atoms. The molecule has 0 aliphatic carbocycles. The average Bonchev–Trinajstić information content (AvgIpc) is 2.30. The maximum Gasteiger partial charge on any atom is 0.0569 e. The first-order chi connectivity index (χ1) is 7.66. The van der Waals surface area contributed by atoms with E-state index in [1.165, 1.54) is 18.5 Å². The number of anilines is 1. The van der Waals surface area contributed by atoms with Gasteiger partial charge in [-0.1, -0.05) is 6.92 Å². The lowest BCUT2D eigenvalue weighted by Crippen LogP contribution is -2.32. The van der Waals surface area contributed by atoms with Crippen molar-refractivity contribution in [3.05, 3.63) is 24.0 Å². The van der Waals surface area contributed by atoms with Crippen LogP contribution in [-0.2, 0) is 0 Å². The number of hydrogen-bond acceptors (Lipinski definition) is 3. The lowest BCUT2D eigenvalue weighted by molar-refractivity contribution is 0.438. The summed E-state index contributed by atoms with van der Waals surface area (Å²) in [6.07, 6.45) is 4.53. The molecule has 1 unspecified atom stereocenters. The van der Waals surface area contributed by atoms with Gasteiger partial charge in [-0.05, 0) is 37.8 Å². The number of pyridine rings is 1. The summed E-state index contributed by atoms with van der Waals surface area (Å²) in [5.74, 6) is 0.868. The minimum absolute atomic E-state index is 0.0235. The zero-order chi connectivity index (χ0) is 11.5. The van der Waals surface area contributed by atoms with Crippen molar-refractivity contribution in [2.24, 2.45) is 11.7 Å². The molecule has 1 fully saturated rings. The molecular weight excluding hydrogens is 198 g/mol. The average molecular weight is 219 g/mol. The van der Waals surface area contributed by atoms with Crippen molar-refractivity contribution >= 4 is 5.69 Å². The van der Waals surface area contributed by atoms with Crippen LogP contribution in [0, 0.1) is 5.92 Å². The first kappa shape index (κ1) is 11.4. The Kier molecular flexibility index (Phi) is 3.44. The molecule has 1 aromatic rings. The van der Waals surface area contributed by atoms with Gasteiger partial charge in [0.2, 0.25) is 0 Å². The van der Waals surface area contributed by atoms with E-state index in [1.807, 2.05) is 19.2 Å². The quantitative estimate of drug-likeness (QED) is 0.830. The van der Waals surface area contributed by atoms with Crippen LogP contribution in [0.3, 0.4) is 0 Å². The maximum absolute atomic E-state index is 5.78. The van der Waals surface area contributed by atoms with E-state index in [0.29, 0.717) is 0 Å². The SMILES string of the molecule is CC1CCN(c2ccc(C(C)N)nc2)CC1. The van der Waals surface area contributed by atoms with Crippen molar-refractivity contribution in [2.45, 2.75) is 32.7 Å². The minimum atomic E-state index is 0.0235. The van der Waals surface area contributed by atoms with Crippen molar-refractivity contribution < 1.29 is 0 Å². The molecular formula is C13H21N3. The van der Waals surface area contributed by atoms with Crippen LogP contribution in [0.2, 0.25) is 0 Å². The van der Waals surface area contributed by atoms with Crippen molar-refractivity contribution in [2.75, 3.05) is 18.0 Å². The highest BCUT2D eigenvalue weighted by Gasteiger charge is 2.16. The third-order valence-electron chi connectivity index (χ3n) is 3.39. The zero-order valence-corrected chi connectivity index (χ0v) is 10.2. The Hall–Kier alpha value is -1.09. The van der Waals surface area contributed by atoms with Gasteiger partial charge < -0.3 is 10.6 Å². The molecule has 1 aliphatic heterocycles. The molecule has 0 aromatic carbocycles. The fraction of sp³-hybridized carbons (Fsp3) is 0.615. The third-order valence-corrected chi connectivity index (χ3v) is 3.39. The summed E-state index contributed by atoms with van der Waals surface area (Å²) >= 11 is 0. The Bertz CT molecular complexity index is 324. The van der Waals surface area contributed by atoms with Gasteiger partial charge in [-0.25, -0.2) is 0 Å². The van der Waals surface area contributed by atoms with Gasteiger partial charge in [0, 0.05) is 19.1 Å². The van der Waals surface area contributed by atoms with Crippen molar-refractivity contribution in [3.63, 3.8) is 0 Å². The molecule has 1 saturated heterocycles. The first-order valence-corrected chi connectivity index (χ1v) is 6.13. The van der Waals surface area contributed by atoms with Gasteiger partial charge in [-0.15, -0.1) is 0 Å². The predicted octanol–water partition coefficient (Wildman–Crippen LogP) is 2.34. The van der Waals surface area contributed by atoms with Gasteiger partial charge >= 0.3 is 0 Å². The van der Waals surface area contributed by atoms with Crippen LogP contribution >= 0.6 is 0 Å². The van der Waals surface area contributed by atoms with Crippen molar-refractivity contribution in [3.8, 4) is 0 Å². The van der Waals surface area contributed by atoms with Gasteiger partial charge in [0.25, 0.3) is 0 Å². The molecule has 88 valence electrons. The predicted molar refractivity (Wildman–Crippen MR) is 67.5 cm³/mol. The summed E-state index contributed by atoms with van der Waals surface area (Å²) in [7, 11) is 0. The van der Waals surface area contributed by atoms with Crippen LogP contribution in [0.1, 0.15) is 38.4 Å². The Balaban J connectivity index is 2.04. The smallest absolute Gasteiger partial charge is 0.0569 e. The van der Waals surface area contributed by atoms with Gasteiger partial charge in [0.05, 0.1) is 17.6 Å². The zero-order valence-electron chi connectivity index (χ0n) is 10.2. The van der Waals surface area contributed by atoms with Gasteiger partial charge in [-0.3, -0.25) is 4.98 Å². The highest BCUT2D eigenvalue weighted by molar-refractivity contribution is 5.45. The van der Waals surface area contributed by atoms with Crippen LogP contribution in [0.15, 0.2) is 18.3 Å². The fourth-order valence-electron chi connectivity index (χ4n) is 2.12. The fourth-order valence-corrected chi connectivity index (χ4v) is 2.12. The monoisotopic (exact) mass is 219 g/mol. The molecule has 1 aromatic heterocycles. The summed E-state index contributed by atoms with van der Waals surface area (Å²) in [6.45, 7) is 6.60. The summed E-state index contributed by atoms with van der Waals surface area (Å²) in [6, 6.07) is 4.20. The lowest BCUT2D eigenvalue weighted by Gasteiger charge is -2.31. The van der Waals surface area contributed by atoms with Gasteiger partial charge in [-0.2, -0.15) is 0 Å². The number of piperidine rings is 1. The van der Waals surface area contributed by atoms with E-state index in [4.69, 9.17) is 5.73 Å². The third kappa shape index (κ3) is 2.53. The Labute approximate surface area is 97.7 Å². The van der Waals surface area contributed by atoms with Crippen LogP contribution in [-0.4, -0.2) is 18.1 Å². The Morgan fingerprint density at radius 2 is 2.06 bits per heavy atom. The van der Waals surface area contributed by atoms with E-state index in [9.17, 15) is 0 Å². The van der Waals surface area contributed by atoms with E-state index in [-0.39, 0.29) is 6.04 Å². The molecule has 0 radical (unpaired) electrons. The summed E-state index contributed by atoms with van der Waals surface area (Å²) < 4.78 is 0. The lowest BCUT2D eigenvalue weighted by atomic mass is 9.99. The van der Waals surface area contributed by atoms with Gasteiger partial charge in [0.15, 0.2) is 0 Å². The maximum atomic E-state index is 5.78. The Morgan fingerprint density at radius 3 is 2.56 bits per heavy atom.